The highest BCUT2D eigenvalue weighted by Gasteiger charge is 2.32. The van der Waals surface area contributed by atoms with Gasteiger partial charge in [-0.3, -0.25) is 0 Å². The molecule has 1 aromatic carbocycles. The van der Waals surface area contributed by atoms with Crippen LogP contribution >= 0.6 is 0 Å². The summed E-state index contributed by atoms with van der Waals surface area (Å²) in [4.78, 5) is 0. The summed E-state index contributed by atoms with van der Waals surface area (Å²) in [5, 5.41) is 0. The van der Waals surface area contributed by atoms with Crippen molar-refractivity contribution in [3.05, 3.63) is 53.1 Å². The van der Waals surface area contributed by atoms with Crippen LogP contribution in [0.15, 0.2) is 30.4 Å². The van der Waals surface area contributed by atoms with E-state index in [0.717, 1.165) is 42.6 Å². The van der Waals surface area contributed by atoms with E-state index in [9.17, 15) is 8.78 Å². The van der Waals surface area contributed by atoms with Gasteiger partial charge in [-0.1, -0.05) is 62.5 Å². The lowest BCUT2D eigenvalue weighted by Crippen LogP contribution is -2.23. The number of hydrogen-bond acceptors (Lipinski definition) is 1. The summed E-state index contributed by atoms with van der Waals surface area (Å²) in [5.41, 5.74) is 1.81. The molecule has 1 aliphatic heterocycles. The van der Waals surface area contributed by atoms with E-state index < -0.39 is 11.6 Å². The molecule has 0 aromatic heterocycles. The number of allylic oxidation sites excluding steroid dienone is 4. The summed E-state index contributed by atoms with van der Waals surface area (Å²) in [5.74, 6) is 1.06. The quantitative estimate of drug-likeness (QED) is 0.218. The fraction of sp³-hybridized carbons (Fsp3) is 0.643. The van der Waals surface area contributed by atoms with E-state index in [-0.39, 0.29) is 6.10 Å². The number of benzene rings is 1. The predicted octanol–water partition coefficient (Wildman–Crippen LogP) is 8.55. The smallest absolute Gasteiger partial charge is 0.166 e. The van der Waals surface area contributed by atoms with Crippen molar-refractivity contribution in [2.24, 2.45) is 17.8 Å². The minimum atomic E-state index is -0.719. The molecule has 31 heavy (non-hydrogen) atoms. The molecule has 3 aliphatic rings. The van der Waals surface area contributed by atoms with E-state index in [0.29, 0.717) is 17.7 Å². The Bertz CT molecular complexity index is 784. The summed E-state index contributed by atoms with van der Waals surface area (Å²) in [6, 6.07) is 3.46. The normalized spacial score (nSPS) is 28.7. The summed E-state index contributed by atoms with van der Waals surface area (Å²) < 4.78 is 34.2. The van der Waals surface area contributed by atoms with Crippen LogP contribution in [0.25, 0.3) is 5.57 Å². The first-order valence-electron chi connectivity index (χ1n) is 12.6. The molecule has 1 nitrogen and oxygen atoms in total. The second-order valence-electron chi connectivity index (χ2n) is 9.90. The Morgan fingerprint density at radius 2 is 1.77 bits per heavy atom. The molecule has 2 aliphatic carbocycles. The van der Waals surface area contributed by atoms with Gasteiger partial charge in [0.15, 0.2) is 11.6 Å². The molecule has 1 saturated carbocycles. The van der Waals surface area contributed by atoms with Gasteiger partial charge in [-0.2, -0.15) is 0 Å². The zero-order chi connectivity index (χ0) is 21.6. The molecule has 4 rings (SSSR count). The molecule has 0 amide bonds. The Balaban J connectivity index is 1.23. The minimum Gasteiger partial charge on any atom is -0.368 e. The molecular formula is C28H38F2O. The highest BCUT2D eigenvalue weighted by Crippen LogP contribution is 2.43. The van der Waals surface area contributed by atoms with Gasteiger partial charge in [0.25, 0.3) is 0 Å². The average molecular weight is 429 g/mol. The first kappa shape index (κ1) is 22.7. The van der Waals surface area contributed by atoms with Crippen molar-refractivity contribution >= 4 is 5.57 Å². The van der Waals surface area contributed by atoms with E-state index in [1.165, 1.54) is 57.8 Å². The van der Waals surface area contributed by atoms with Crippen LogP contribution in [0.4, 0.5) is 8.78 Å². The van der Waals surface area contributed by atoms with Gasteiger partial charge in [-0.05, 0) is 75.2 Å². The summed E-state index contributed by atoms with van der Waals surface area (Å²) in [7, 11) is 0. The highest BCUT2D eigenvalue weighted by molar-refractivity contribution is 5.67. The molecule has 2 fully saturated rings. The maximum atomic E-state index is 14.6. The van der Waals surface area contributed by atoms with Crippen molar-refractivity contribution in [3.8, 4) is 0 Å². The van der Waals surface area contributed by atoms with Gasteiger partial charge in [0.2, 0.25) is 0 Å². The fourth-order valence-electron chi connectivity index (χ4n) is 5.80. The van der Waals surface area contributed by atoms with Crippen LogP contribution in [-0.2, 0) is 4.74 Å². The summed E-state index contributed by atoms with van der Waals surface area (Å²) >= 11 is 0. The summed E-state index contributed by atoms with van der Waals surface area (Å²) in [6.07, 6.45) is 21.6. The van der Waals surface area contributed by atoms with Crippen LogP contribution in [0.5, 0.6) is 0 Å². The lowest BCUT2D eigenvalue weighted by Gasteiger charge is -2.35. The zero-order valence-electron chi connectivity index (χ0n) is 19.1. The molecule has 3 heteroatoms. The van der Waals surface area contributed by atoms with Crippen molar-refractivity contribution < 1.29 is 13.5 Å². The topological polar surface area (TPSA) is 12.5 Å². The molecular weight excluding hydrogens is 390 g/mol. The molecule has 1 aromatic rings. The van der Waals surface area contributed by atoms with Gasteiger partial charge in [0, 0.05) is 11.1 Å². The standard InChI is InChI=1S/C28H38F2O/c1-2-3-4-5-6-7-8-20-9-11-21(12-10-20)22-13-15-23(16-14-22)24-17-18-25(26-19-31-26)28(30)27(24)29/h2-3,15,17-18,20-22,26H,4-14,16,19H2,1H3/b3-2-. The lowest BCUT2D eigenvalue weighted by atomic mass is 9.70. The van der Waals surface area contributed by atoms with Gasteiger partial charge >= 0.3 is 0 Å². The Morgan fingerprint density at radius 3 is 2.45 bits per heavy atom. The van der Waals surface area contributed by atoms with Gasteiger partial charge < -0.3 is 4.74 Å². The Morgan fingerprint density at radius 1 is 0.968 bits per heavy atom. The predicted molar refractivity (Wildman–Crippen MR) is 124 cm³/mol. The number of epoxide rings is 1. The Kier molecular flexibility index (Phi) is 7.98. The van der Waals surface area contributed by atoms with Gasteiger partial charge in [0.05, 0.1) is 6.61 Å². The van der Waals surface area contributed by atoms with Gasteiger partial charge in [0.1, 0.15) is 6.10 Å². The molecule has 1 heterocycles. The van der Waals surface area contributed by atoms with Crippen molar-refractivity contribution in [1.82, 2.24) is 0 Å². The fourth-order valence-corrected chi connectivity index (χ4v) is 5.80. The third-order valence-electron chi connectivity index (χ3n) is 7.87. The third-order valence-corrected chi connectivity index (χ3v) is 7.87. The second-order valence-corrected chi connectivity index (χ2v) is 9.90. The molecule has 0 radical (unpaired) electrons. The van der Waals surface area contributed by atoms with Gasteiger partial charge in [-0.25, -0.2) is 8.78 Å². The third kappa shape index (κ3) is 5.86. The van der Waals surface area contributed by atoms with E-state index in [1.807, 2.05) is 0 Å². The van der Waals surface area contributed by atoms with Crippen molar-refractivity contribution in [1.29, 1.82) is 0 Å². The number of unbranched alkanes of at least 4 members (excludes halogenated alkanes) is 3. The van der Waals surface area contributed by atoms with Crippen molar-refractivity contribution in [2.75, 3.05) is 6.61 Å². The monoisotopic (exact) mass is 428 g/mol. The molecule has 2 unspecified atom stereocenters. The van der Waals surface area contributed by atoms with E-state index in [4.69, 9.17) is 4.74 Å². The first-order chi connectivity index (χ1) is 15.2. The SMILES string of the molecule is C/C=C\CCCCCC1CCC(C2CC=C(c3ccc(C4CO4)c(F)c3F)CC2)CC1. The molecule has 0 N–H and O–H groups in total. The Labute approximate surface area is 187 Å². The van der Waals surface area contributed by atoms with Crippen LogP contribution in [0.2, 0.25) is 0 Å². The van der Waals surface area contributed by atoms with Crippen molar-refractivity contribution in [3.63, 3.8) is 0 Å². The van der Waals surface area contributed by atoms with Crippen molar-refractivity contribution in [2.45, 2.75) is 90.1 Å². The highest BCUT2D eigenvalue weighted by atomic mass is 19.2. The van der Waals surface area contributed by atoms with Gasteiger partial charge in [-0.15, -0.1) is 0 Å². The second kappa shape index (κ2) is 10.9. The molecule has 0 bridgehead atoms. The van der Waals surface area contributed by atoms with Crippen LogP contribution in [-0.4, -0.2) is 6.61 Å². The number of ether oxygens (including phenoxy) is 1. The van der Waals surface area contributed by atoms with Crippen LogP contribution < -0.4 is 0 Å². The number of hydrogen-bond donors (Lipinski definition) is 0. The Hall–Kier alpha value is -1.48. The average Bonchev–Trinajstić information content (AvgIpc) is 3.64. The maximum Gasteiger partial charge on any atom is 0.166 e. The molecule has 2 atom stereocenters. The number of halogens is 2. The first-order valence-corrected chi connectivity index (χ1v) is 12.6. The van der Waals surface area contributed by atoms with E-state index >= 15 is 0 Å². The lowest BCUT2D eigenvalue weighted by molar-refractivity contribution is 0.187. The van der Waals surface area contributed by atoms with Crippen LogP contribution in [0, 0.1) is 29.4 Å². The molecule has 170 valence electrons. The summed E-state index contributed by atoms with van der Waals surface area (Å²) in [6.45, 7) is 2.60. The van der Waals surface area contributed by atoms with E-state index in [1.54, 1.807) is 12.1 Å². The van der Waals surface area contributed by atoms with Crippen LogP contribution in [0.1, 0.15) is 101 Å². The maximum absolute atomic E-state index is 14.6. The molecule has 0 spiro atoms. The minimum absolute atomic E-state index is 0.249. The molecule has 1 saturated heterocycles. The van der Waals surface area contributed by atoms with Crippen LogP contribution in [0.3, 0.4) is 0 Å². The largest absolute Gasteiger partial charge is 0.368 e. The number of rotatable bonds is 9. The zero-order valence-corrected chi connectivity index (χ0v) is 19.1. The van der Waals surface area contributed by atoms with E-state index in [2.05, 4.69) is 25.2 Å².